The average molecular weight is 442 g/mol. The molecule has 1 aromatic carbocycles. The summed E-state index contributed by atoms with van der Waals surface area (Å²) in [5.74, 6) is -1.06. The lowest BCUT2D eigenvalue weighted by Crippen LogP contribution is -2.19. The maximum absolute atomic E-state index is 12.7. The van der Waals surface area contributed by atoms with Crippen molar-refractivity contribution in [2.45, 2.75) is 56.9 Å². The van der Waals surface area contributed by atoms with E-state index >= 15 is 0 Å². The van der Waals surface area contributed by atoms with Gasteiger partial charge in [0.2, 0.25) is 0 Å². The van der Waals surface area contributed by atoms with Gasteiger partial charge < -0.3 is 20.1 Å². The maximum atomic E-state index is 12.7. The summed E-state index contributed by atoms with van der Waals surface area (Å²) >= 11 is 0. The zero-order valence-corrected chi connectivity index (χ0v) is 17.2. The van der Waals surface area contributed by atoms with Crippen LogP contribution in [0.2, 0.25) is 0 Å². The molecule has 0 heterocycles. The number of aliphatic carboxylic acids is 1. The van der Waals surface area contributed by atoms with E-state index in [1.807, 2.05) is 24.3 Å². The van der Waals surface area contributed by atoms with Crippen LogP contribution in [0.15, 0.2) is 48.6 Å². The number of aliphatic hydroxyl groups excluding tert-OH is 2. The molecule has 4 unspecified atom stereocenters. The highest BCUT2D eigenvalue weighted by molar-refractivity contribution is 5.66. The Morgan fingerprint density at radius 1 is 1.13 bits per heavy atom. The van der Waals surface area contributed by atoms with Crippen LogP contribution in [0.25, 0.3) is 0 Å². The summed E-state index contributed by atoms with van der Waals surface area (Å²) in [6.45, 7) is 0.192. The van der Waals surface area contributed by atoms with E-state index in [1.165, 1.54) is 12.1 Å². The molecule has 0 aromatic heterocycles. The van der Waals surface area contributed by atoms with Crippen molar-refractivity contribution in [1.82, 2.24) is 0 Å². The number of hydrogen-bond donors (Lipinski definition) is 3. The summed E-state index contributed by atoms with van der Waals surface area (Å²) in [6.07, 6.45) is 4.35. The van der Waals surface area contributed by atoms with Crippen LogP contribution in [-0.4, -0.2) is 40.1 Å². The van der Waals surface area contributed by atoms with Crippen molar-refractivity contribution < 1.29 is 38.0 Å². The summed E-state index contributed by atoms with van der Waals surface area (Å²) in [5.41, 5.74) is -0.762. The van der Waals surface area contributed by atoms with Crippen molar-refractivity contribution in [3.63, 3.8) is 0 Å². The second-order valence-electron chi connectivity index (χ2n) is 7.70. The average Bonchev–Trinajstić information content (AvgIpc) is 2.96. The Morgan fingerprint density at radius 2 is 1.90 bits per heavy atom. The number of carboxylic acids is 1. The second kappa shape index (κ2) is 11.9. The zero-order chi connectivity index (χ0) is 22.9. The Kier molecular flexibility index (Phi) is 9.58. The first-order valence-corrected chi connectivity index (χ1v) is 10.4. The minimum absolute atomic E-state index is 0.114. The summed E-state index contributed by atoms with van der Waals surface area (Å²) in [5, 5.41) is 29.1. The number of benzene rings is 1. The lowest BCUT2D eigenvalue weighted by Gasteiger charge is -2.19. The molecule has 4 atom stereocenters. The van der Waals surface area contributed by atoms with Crippen LogP contribution in [0, 0.1) is 11.8 Å². The molecule has 0 spiro atoms. The van der Waals surface area contributed by atoms with Crippen LogP contribution < -0.4 is 4.74 Å². The fourth-order valence-corrected chi connectivity index (χ4v) is 3.71. The number of alkyl halides is 3. The summed E-state index contributed by atoms with van der Waals surface area (Å²) in [7, 11) is 0. The monoisotopic (exact) mass is 442 g/mol. The summed E-state index contributed by atoms with van der Waals surface area (Å²) < 4.78 is 43.6. The second-order valence-corrected chi connectivity index (χ2v) is 7.70. The smallest absolute Gasteiger partial charge is 0.416 e. The number of carboxylic acid groups (broad SMARTS) is 1. The van der Waals surface area contributed by atoms with Gasteiger partial charge >= 0.3 is 12.1 Å². The molecule has 0 aliphatic heterocycles. The molecule has 1 aromatic rings. The Labute approximate surface area is 179 Å². The van der Waals surface area contributed by atoms with Gasteiger partial charge in [0.05, 0.1) is 24.4 Å². The highest BCUT2D eigenvalue weighted by Crippen LogP contribution is 2.36. The van der Waals surface area contributed by atoms with Crippen molar-refractivity contribution in [3.05, 3.63) is 54.1 Å². The van der Waals surface area contributed by atoms with Gasteiger partial charge in [-0.05, 0) is 49.8 Å². The third-order valence-corrected chi connectivity index (χ3v) is 5.33. The van der Waals surface area contributed by atoms with Crippen LogP contribution in [-0.2, 0) is 11.0 Å². The van der Waals surface area contributed by atoms with Gasteiger partial charge in [-0.1, -0.05) is 30.4 Å². The molecule has 1 fully saturated rings. The third kappa shape index (κ3) is 8.38. The predicted molar refractivity (Wildman–Crippen MR) is 110 cm³/mol. The van der Waals surface area contributed by atoms with Gasteiger partial charge in [0.1, 0.15) is 5.75 Å². The molecule has 3 N–H and O–H groups in total. The number of hydrogen-bond acceptors (Lipinski definition) is 4. The quantitative estimate of drug-likeness (QED) is 0.345. The van der Waals surface area contributed by atoms with Crippen molar-refractivity contribution in [1.29, 1.82) is 0 Å². The highest BCUT2D eigenvalue weighted by atomic mass is 19.4. The Morgan fingerprint density at radius 3 is 2.61 bits per heavy atom. The van der Waals surface area contributed by atoms with Crippen molar-refractivity contribution >= 4 is 5.97 Å². The zero-order valence-electron chi connectivity index (χ0n) is 17.2. The molecular weight excluding hydrogens is 413 g/mol. The number of halogens is 3. The van der Waals surface area contributed by atoms with E-state index < -0.39 is 29.9 Å². The molecule has 1 aliphatic carbocycles. The van der Waals surface area contributed by atoms with E-state index in [2.05, 4.69) is 0 Å². The Bertz CT molecular complexity index is 760. The number of allylic oxidation sites excluding steroid dienone is 2. The first-order valence-electron chi connectivity index (χ1n) is 10.4. The van der Waals surface area contributed by atoms with Gasteiger partial charge in [0.25, 0.3) is 0 Å². The lowest BCUT2D eigenvalue weighted by molar-refractivity contribution is -0.138. The first kappa shape index (κ1) is 24.9. The number of aliphatic hydroxyl groups is 2. The van der Waals surface area contributed by atoms with Crippen molar-refractivity contribution in [3.8, 4) is 5.75 Å². The largest absolute Gasteiger partial charge is 0.493 e. The number of unbranched alkanes of at least 4 members (excludes halogenated alkanes) is 1. The SMILES string of the molecule is O=C(O)CCCC=CCC1C(O)CC(O)C1C=CCCOc1cccc(C(F)(F)F)c1. The Balaban J connectivity index is 1.80. The molecule has 5 nitrogen and oxygen atoms in total. The molecule has 0 radical (unpaired) electrons. The van der Waals surface area contributed by atoms with Crippen molar-refractivity contribution in [2.24, 2.45) is 11.8 Å². The highest BCUT2D eigenvalue weighted by Gasteiger charge is 2.39. The first-order chi connectivity index (χ1) is 14.7. The van der Waals surface area contributed by atoms with Gasteiger partial charge in [0, 0.05) is 18.8 Å². The van der Waals surface area contributed by atoms with Gasteiger partial charge in [0.15, 0.2) is 0 Å². The van der Waals surface area contributed by atoms with E-state index in [1.54, 1.807) is 0 Å². The predicted octanol–water partition coefficient (Wildman–Crippen LogP) is 4.59. The van der Waals surface area contributed by atoms with Crippen LogP contribution >= 0.6 is 0 Å². The molecule has 8 heteroatoms. The van der Waals surface area contributed by atoms with E-state index in [0.29, 0.717) is 25.7 Å². The Hall–Kier alpha value is -2.32. The van der Waals surface area contributed by atoms with Crippen LogP contribution in [0.4, 0.5) is 13.2 Å². The molecular formula is C23H29F3O5. The standard InChI is InChI=1S/C23H29F3O5/c24-23(25,26)16-8-7-9-17(14-16)31-13-6-5-11-19-18(20(27)15-21(19)28)10-3-1-2-4-12-22(29)30/h1,3,5,7-9,11,14,18-21,27-28H,2,4,6,10,12-13,15H2,(H,29,30). The van der Waals surface area contributed by atoms with E-state index in [9.17, 15) is 28.2 Å². The van der Waals surface area contributed by atoms with Crippen LogP contribution in [0.1, 0.15) is 44.1 Å². The van der Waals surface area contributed by atoms with Crippen molar-refractivity contribution in [2.75, 3.05) is 6.61 Å². The molecule has 0 saturated heterocycles. The van der Waals surface area contributed by atoms with Gasteiger partial charge in [-0.2, -0.15) is 13.2 Å². The van der Waals surface area contributed by atoms with E-state index in [-0.39, 0.29) is 37.0 Å². The molecule has 0 bridgehead atoms. The van der Waals surface area contributed by atoms with Gasteiger partial charge in [-0.25, -0.2) is 0 Å². The lowest BCUT2D eigenvalue weighted by atomic mass is 9.90. The fraction of sp³-hybridized carbons (Fsp3) is 0.522. The topological polar surface area (TPSA) is 87.0 Å². The van der Waals surface area contributed by atoms with Gasteiger partial charge in [-0.15, -0.1) is 0 Å². The molecule has 31 heavy (non-hydrogen) atoms. The fourth-order valence-electron chi connectivity index (χ4n) is 3.71. The third-order valence-electron chi connectivity index (χ3n) is 5.33. The normalized spacial score (nSPS) is 24.3. The number of carbonyl (C=O) groups is 1. The van der Waals surface area contributed by atoms with E-state index in [4.69, 9.17) is 9.84 Å². The minimum Gasteiger partial charge on any atom is -0.493 e. The molecule has 1 aliphatic rings. The van der Waals surface area contributed by atoms with Crippen LogP contribution in [0.5, 0.6) is 5.75 Å². The minimum atomic E-state index is -4.42. The summed E-state index contributed by atoms with van der Waals surface area (Å²) in [4.78, 5) is 10.5. The maximum Gasteiger partial charge on any atom is 0.416 e. The number of rotatable bonds is 11. The summed E-state index contributed by atoms with van der Waals surface area (Å²) in [6, 6.07) is 4.71. The van der Waals surface area contributed by atoms with E-state index in [0.717, 1.165) is 12.1 Å². The molecule has 172 valence electrons. The molecule has 2 rings (SSSR count). The molecule has 1 saturated carbocycles. The molecule has 0 amide bonds. The number of ether oxygens (including phenoxy) is 1. The van der Waals surface area contributed by atoms with Gasteiger partial charge in [-0.3, -0.25) is 4.79 Å². The van der Waals surface area contributed by atoms with Crippen LogP contribution in [0.3, 0.4) is 0 Å².